The topological polar surface area (TPSA) is 56.1 Å². The number of aromatic nitrogens is 2. The number of ether oxygens (including phenoxy) is 1. The molecule has 0 unspecified atom stereocenters. The fraction of sp³-hybridized carbons (Fsp3) is 0.231. The van der Waals surface area contributed by atoms with Gasteiger partial charge in [0, 0.05) is 24.5 Å². The number of benzene rings is 1. The van der Waals surface area contributed by atoms with Gasteiger partial charge in [-0.15, -0.1) is 0 Å². The van der Waals surface area contributed by atoms with Crippen LogP contribution >= 0.6 is 23.4 Å². The number of carbonyl (C=O) groups excluding carboxylic acids is 1. The van der Waals surface area contributed by atoms with Crippen LogP contribution in [-0.2, 0) is 11.8 Å². The van der Waals surface area contributed by atoms with E-state index in [4.69, 9.17) is 16.3 Å². The summed E-state index contributed by atoms with van der Waals surface area (Å²) in [6.07, 6.45) is 3.53. The van der Waals surface area contributed by atoms with Crippen molar-refractivity contribution in [1.29, 1.82) is 0 Å². The van der Waals surface area contributed by atoms with E-state index >= 15 is 0 Å². The van der Waals surface area contributed by atoms with Gasteiger partial charge >= 0.3 is 0 Å². The lowest BCUT2D eigenvalue weighted by Crippen LogP contribution is -2.15. The number of anilines is 1. The first-order chi connectivity index (χ1) is 9.60. The summed E-state index contributed by atoms with van der Waals surface area (Å²) < 4.78 is 7.03. The van der Waals surface area contributed by atoms with Crippen molar-refractivity contribution in [2.24, 2.45) is 7.05 Å². The molecule has 0 saturated heterocycles. The first kappa shape index (κ1) is 14.7. The maximum absolute atomic E-state index is 11.9. The van der Waals surface area contributed by atoms with E-state index in [1.54, 1.807) is 31.5 Å². The van der Waals surface area contributed by atoms with Crippen LogP contribution in [0.15, 0.2) is 35.7 Å². The molecule has 20 heavy (non-hydrogen) atoms. The van der Waals surface area contributed by atoms with Crippen LogP contribution in [0.4, 0.5) is 5.69 Å². The molecular formula is C13H14ClN3O2S. The number of hydrogen-bond donors (Lipinski definition) is 1. The van der Waals surface area contributed by atoms with Crippen LogP contribution in [0.5, 0.6) is 5.75 Å². The highest BCUT2D eigenvalue weighted by Gasteiger charge is 2.10. The molecule has 1 amide bonds. The molecule has 1 heterocycles. The third kappa shape index (κ3) is 3.68. The van der Waals surface area contributed by atoms with Crippen LogP contribution in [0.25, 0.3) is 0 Å². The lowest BCUT2D eigenvalue weighted by atomic mass is 10.3. The Labute approximate surface area is 126 Å². The van der Waals surface area contributed by atoms with Crippen molar-refractivity contribution in [3.63, 3.8) is 0 Å². The second kappa shape index (κ2) is 6.67. The first-order valence-electron chi connectivity index (χ1n) is 5.83. The number of carbonyl (C=O) groups is 1. The van der Waals surface area contributed by atoms with Gasteiger partial charge in [-0.3, -0.25) is 4.79 Å². The summed E-state index contributed by atoms with van der Waals surface area (Å²) in [5, 5.41) is 4.11. The fourth-order valence-corrected chi connectivity index (χ4v) is 2.49. The Balaban J connectivity index is 1.98. The zero-order valence-corrected chi connectivity index (χ0v) is 12.7. The van der Waals surface area contributed by atoms with Gasteiger partial charge in [-0.1, -0.05) is 23.4 Å². The van der Waals surface area contributed by atoms with E-state index in [0.717, 1.165) is 5.16 Å². The van der Waals surface area contributed by atoms with Crippen molar-refractivity contribution in [1.82, 2.24) is 9.55 Å². The van der Waals surface area contributed by atoms with Gasteiger partial charge < -0.3 is 14.6 Å². The summed E-state index contributed by atoms with van der Waals surface area (Å²) in [6.45, 7) is 0. The van der Waals surface area contributed by atoms with Crippen molar-refractivity contribution in [3.8, 4) is 5.75 Å². The Kier molecular flexibility index (Phi) is 4.92. The third-order valence-electron chi connectivity index (χ3n) is 2.54. The number of amides is 1. The smallest absolute Gasteiger partial charge is 0.234 e. The van der Waals surface area contributed by atoms with Crippen molar-refractivity contribution in [2.45, 2.75) is 5.16 Å². The number of rotatable bonds is 5. The largest absolute Gasteiger partial charge is 0.495 e. The van der Waals surface area contributed by atoms with E-state index in [2.05, 4.69) is 10.3 Å². The van der Waals surface area contributed by atoms with Gasteiger partial charge in [0.1, 0.15) is 5.75 Å². The van der Waals surface area contributed by atoms with Gasteiger partial charge in [-0.25, -0.2) is 4.98 Å². The van der Waals surface area contributed by atoms with Gasteiger partial charge in [-0.05, 0) is 18.2 Å². The molecule has 0 radical (unpaired) electrons. The second-order valence-corrected chi connectivity index (χ2v) is 5.38. The predicted molar refractivity (Wildman–Crippen MR) is 80.6 cm³/mol. The van der Waals surface area contributed by atoms with E-state index in [1.165, 1.54) is 11.8 Å². The Morgan fingerprint density at radius 2 is 2.35 bits per heavy atom. The summed E-state index contributed by atoms with van der Waals surface area (Å²) >= 11 is 7.28. The molecule has 0 aliphatic heterocycles. The second-order valence-electron chi connectivity index (χ2n) is 4.00. The molecule has 2 aromatic rings. The van der Waals surface area contributed by atoms with Crippen LogP contribution in [0.3, 0.4) is 0 Å². The van der Waals surface area contributed by atoms with Crippen molar-refractivity contribution >= 4 is 35.0 Å². The summed E-state index contributed by atoms with van der Waals surface area (Å²) in [7, 11) is 3.43. The molecule has 1 N–H and O–H groups in total. The number of methoxy groups -OCH3 is 1. The lowest BCUT2D eigenvalue weighted by Gasteiger charge is -2.10. The highest BCUT2D eigenvalue weighted by Crippen LogP contribution is 2.28. The number of thioether (sulfide) groups is 1. The first-order valence-corrected chi connectivity index (χ1v) is 7.20. The number of halogens is 1. The molecule has 0 fully saturated rings. The Hall–Kier alpha value is -1.66. The lowest BCUT2D eigenvalue weighted by molar-refractivity contribution is -0.113. The van der Waals surface area contributed by atoms with E-state index in [-0.39, 0.29) is 11.7 Å². The fourth-order valence-electron chi connectivity index (χ4n) is 1.59. The van der Waals surface area contributed by atoms with Gasteiger partial charge in [0.15, 0.2) is 5.16 Å². The molecule has 7 heteroatoms. The van der Waals surface area contributed by atoms with E-state index in [9.17, 15) is 4.79 Å². The molecule has 0 aliphatic rings. The Bertz CT molecular complexity index is 615. The van der Waals surface area contributed by atoms with Gasteiger partial charge in [0.2, 0.25) is 5.91 Å². The number of nitrogens with one attached hydrogen (secondary N) is 1. The molecular weight excluding hydrogens is 298 g/mol. The minimum absolute atomic E-state index is 0.140. The maximum Gasteiger partial charge on any atom is 0.234 e. The zero-order valence-electron chi connectivity index (χ0n) is 11.1. The number of imidazole rings is 1. The highest BCUT2D eigenvalue weighted by atomic mass is 35.5. The molecule has 106 valence electrons. The van der Waals surface area contributed by atoms with Crippen molar-refractivity contribution in [3.05, 3.63) is 35.6 Å². The highest BCUT2D eigenvalue weighted by molar-refractivity contribution is 7.99. The molecule has 0 spiro atoms. The van der Waals surface area contributed by atoms with E-state index in [1.807, 2.05) is 17.8 Å². The number of hydrogen-bond acceptors (Lipinski definition) is 4. The van der Waals surface area contributed by atoms with Crippen LogP contribution < -0.4 is 10.1 Å². The zero-order chi connectivity index (χ0) is 14.5. The average molecular weight is 312 g/mol. The van der Waals surface area contributed by atoms with Crippen LogP contribution in [0, 0.1) is 0 Å². The molecule has 2 rings (SSSR count). The van der Waals surface area contributed by atoms with Crippen LogP contribution in [0.1, 0.15) is 0 Å². The monoisotopic (exact) mass is 311 g/mol. The van der Waals surface area contributed by atoms with Gasteiger partial charge in [0.05, 0.1) is 18.6 Å². The SMILES string of the molecule is COc1ccc(Cl)cc1NC(=O)CSc1nccn1C. The predicted octanol–water partition coefficient (Wildman–Crippen LogP) is 2.81. The number of nitrogens with zero attached hydrogens (tertiary/aromatic N) is 2. The summed E-state index contributed by atoms with van der Waals surface area (Å²) in [5.74, 6) is 0.698. The minimum atomic E-state index is -0.140. The number of aryl methyl sites for hydroxylation is 1. The summed E-state index contributed by atoms with van der Waals surface area (Å²) in [4.78, 5) is 16.1. The molecule has 1 aromatic heterocycles. The molecule has 0 bridgehead atoms. The van der Waals surface area contributed by atoms with Crippen molar-refractivity contribution in [2.75, 3.05) is 18.2 Å². The van der Waals surface area contributed by atoms with Gasteiger partial charge in [-0.2, -0.15) is 0 Å². The van der Waals surface area contributed by atoms with Gasteiger partial charge in [0.25, 0.3) is 0 Å². The normalized spacial score (nSPS) is 10.3. The summed E-state index contributed by atoms with van der Waals surface area (Å²) in [6, 6.07) is 5.08. The summed E-state index contributed by atoms with van der Waals surface area (Å²) in [5.41, 5.74) is 0.561. The average Bonchev–Trinajstić information content (AvgIpc) is 2.82. The third-order valence-corrected chi connectivity index (χ3v) is 3.84. The molecule has 5 nitrogen and oxygen atoms in total. The molecule has 0 atom stereocenters. The maximum atomic E-state index is 11.9. The molecule has 0 saturated carbocycles. The standard InChI is InChI=1S/C13H14ClN3O2S/c1-17-6-5-15-13(17)20-8-12(18)16-10-7-9(14)3-4-11(10)19-2/h3-7H,8H2,1-2H3,(H,16,18). The van der Waals surface area contributed by atoms with Crippen molar-refractivity contribution < 1.29 is 9.53 Å². The Morgan fingerprint density at radius 1 is 1.55 bits per heavy atom. The quantitative estimate of drug-likeness (QED) is 0.863. The van der Waals surface area contributed by atoms with Crippen LogP contribution in [-0.4, -0.2) is 28.3 Å². The Morgan fingerprint density at radius 3 is 3.00 bits per heavy atom. The minimum Gasteiger partial charge on any atom is -0.495 e. The van der Waals surface area contributed by atoms with Crippen LogP contribution in [0.2, 0.25) is 5.02 Å². The molecule has 0 aliphatic carbocycles. The van der Waals surface area contributed by atoms with E-state index < -0.39 is 0 Å². The van der Waals surface area contributed by atoms with E-state index in [0.29, 0.717) is 16.5 Å². The molecule has 1 aromatic carbocycles.